The van der Waals surface area contributed by atoms with E-state index >= 15 is 0 Å². The summed E-state index contributed by atoms with van der Waals surface area (Å²) >= 11 is 0. The molecule has 0 spiro atoms. The van der Waals surface area contributed by atoms with E-state index in [-0.39, 0.29) is 0 Å². The van der Waals surface area contributed by atoms with E-state index in [4.69, 9.17) is 5.73 Å². The lowest BCUT2D eigenvalue weighted by Crippen LogP contribution is -2.19. The van der Waals surface area contributed by atoms with Crippen molar-refractivity contribution in [2.24, 2.45) is 5.73 Å². The van der Waals surface area contributed by atoms with E-state index in [9.17, 15) is 4.79 Å². The van der Waals surface area contributed by atoms with Crippen molar-refractivity contribution < 1.29 is 4.79 Å². The van der Waals surface area contributed by atoms with Gasteiger partial charge < -0.3 is 16.4 Å². The third-order valence-corrected chi connectivity index (χ3v) is 2.37. The van der Waals surface area contributed by atoms with E-state index in [1.165, 1.54) is 12.8 Å². The molecule has 1 aliphatic rings. The minimum absolute atomic E-state index is 0.526. The lowest BCUT2D eigenvalue weighted by Gasteiger charge is -2.06. The van der Waals surface area contributed by atoms with Crippen LogP contribution < -0.4 is 16.4 Å². The topological polar surface area (TPSA) is 67.2 Å². The highest BCUT2D eigenvalue weighted by Gasteiger charge is 2.19. The summed E-state index contributed by atoms with van der Waals surface area (Å²) in [7, 11) is 0. The van der Waals surface area contributed by atoms with Crippen LogP contribution in [0.15, 0.2) is 24.3 Å². The van der Waals surface area contributed by atoms with E-state index in [1.807, 2.05) is 24.3 Å². The molecule has 1 fully saturated rings. The van der Waals surface area contributed by atoms with Crippen LogP contribution in [0.3, 0.4) is 0 Å². The SMILES string of the molecule is NC(=O)Nc1cccc(CNC2CC2)c1. The summed E-state index contributed by atoms with van der Waals surface area (Å²) in [6.07, 6.45) is 2.55. The quantitative estimate of drug-likeness (QED) is 0.696. The number of carbonyl (C=O) groups excluding carboxylic acids is 1. The summed E-state index contributed by atoms with van der Waals surface area (Å²) in [5.74, 6) is 0. The van der Waals surface area contributed by atoms with E-state index in [0.717, 1.165) is 17.8 Å². The number of nitrogens with one attached hydrogen (secondary N) is 2. The molecule has 0 bridgehead atoms. The van der Waals surface area contributed by atoms with E-state index in [2.05, 4.69) is 10.6 Å². The number of carbonyl (C=O) groups is 1. The third-order valence-electron chi connectivity index (χ3n) is 2.37. The molecule has 4 N–H and O–H groups in total. The second-order valence-electron chi connectivity index (χ2n) is 3.84. The molecule has 0 saturated heterocycles. The highest BCUT2D eigenvalue weighted by molar-refractivity contribution is 5.87. The first-order valence-corrected chi connectivity index (χ1v) is 5.13. The van der Waals surface area contributed by atoms with Gasteiger partial charge in [-0.05, 0) is 30.5 Å². The number of anilines is 1. The molecular formula is C11H15N3O. The number of amides is 2. The molecule has 0 radical (unpaired) electrons. The van der Waals surface area contributed by atoms with Crippen molar-refractivity contribution in [3.63, 3.8) is 0 Å². The minimum atomic E-state index is -0.526. The Morgan fingerprint density at radius 1 is 1.47 bits per heavy atom. The van der Waals surface area contributed by atoms with Crippen molar-refractivity contribution in [1.82, 2.24) is 5.32 Å². The number of hydrogen-bond donors (Lipinski definition) is 3. The van der Waals surface area contributed by atoms with Gasteiger partial charge >= 0.3 is 6.03 Å². The standard InChI is InChI=1S/C11H15N3O/c12-11(15)14-10-3-1-2-8(6-10)7-13-9-4-5-9/h1-3,6,9,13H,4-5,7H2,(H3,12,14,15). The van der Waals surface area contributed by atoms with Gasteiger partial charge in [0.2, 0.25) is 0 Å². The Labute approximate surface area is 88.9 Å². The fourth-order valence-corrected chi connectivity index (χ4v) is 1.45. The zero-order chi connectivity index (χ0) is 10.7. The molecule has 2 amide bonds. The Kier molecular flexibility index (Phi) is 2.87. The summed E-state index contributed by atoms with van der Waals surface area (Å²) < 4.78 is 0. The maximum Gasteiger partial charge on any atom is 0.316 e. The van der Waals surface area contributed by atoms with Crippen LogP contribution in [0.2, 0.25) is 0 Å². The summed E-state index contributed by atoms with van der Waals surface area (Å²) in [4.78, 5) is 10.7. The minimum Gasteiger partial charge on any atom is -0.351 e. The van der Waals surface area contributed by atoms with Crippen molar-refractivity contribution in [2.45, 2.75) is 25.4 Å². The molecule has 0 heterocycles. The molecule has 0 aromatic heterocycles. The molecule has 15 heavy (non-hydrogen) atoms. The highest BCUT2D eigenvalue weighted by atomic mass is 16.2. The maximum absolute atomic E-state index is 10.7. The average Bonchev–Trinajstić information content (AvgIpc) is 2.97. The average molecular weight is 205 g/mol. The highest BCUT2D eigenvalue weighted by Crippen LogP contribution is 2.19. The first-order valence-electron chi connectivity index (χ1n) is 5.13. The summed E-state index contributed by atoms with van der Waals surface area (Å²) in [5.41, 5.74) is 6.95. The lowest BCUT2D eigenvalue weighted by molar-refractivity contribution is 0.259. The molecule has 2 rings (SSSR count). The molecule has 4 heteroatoms. The van der Waals surface area contributed by atoms with Gasteiger partial charge in [0.1, 0.15) is 0 Å². The van der Waals surface area contributed by atoms with Crippen LogP contribution in [0.5, 0.6) is 0 Å². The zero-order valence-electron chi connectivity index (χ0n) is 8.49. The van der Waals surface area contributed by atoms with Gasteiger partial charge in [-0.15, -0.1) is 0 Å². The number of hydrogen-bond acceptors (Lipinski definition) is 2. The zero-order valence-corrected chi connectivity index (χ0v) is 8.49. The maximum atomic E-state index is 10.7. The number of nitrogens with two attached hydrogens (primary N) is 1. The van der Waals surface area contributed by atoms with Crippen LogP contribution in [0.4, 0.5) is 10.5 Å². The molecule has 0 atom stereocenters. The second kappa shape index (κ2) is 4.31. The smallest absolute Gasteiger partial charge is 0.316 e. The van der Waals surface area contributed by atoms with Crippen molar-refractivity contribution in [3.8, 4) is 0 Å². The molecule has 0 aliphatic heterocycles. The molecule has 1 aliphatic carbocycles. The van der Waals surface area contributed by atoms with Crippen molar-refractivity contribution in [2.75, 3.05) is 5.32 Å². The largest absolute Gasteiger partial charge is 0.351 e. The lowest BCUT2D eigenvalue weighted by atomic mass is 10.2. The van der Waals surface area contributed by atoms with Crippen LogP contribution in [0, 0.1) is 0 Å². The normalized spacial score (nSPS) is 14.9. The molecule has 0 unspecified atom stereocenters. The fraction of sp³-hybridized carbons (Fsp3) is 0.364. The van der Waals surface area contributed by atoms with Crippen LogP contribution in [-0.2, 0) is 6.54 Å². The number of rotatable bonds is 4. The Morgan fingerprint density at radius 2 is 2.27 bits per heavy atom. The summed E-state index contributed by atoms with van der Waals surface area (Å²) in [6.45, 7) is 0.846. The monoisotopic (exact) mass is 205 g/mol. The fourth-order valence-electron chi connectivity index (χ4n) is 1.45. The van der Waals surface area contributed by atoms with Gasteiger partial charge in [-0.1, -0.05) is 12.1 Å². The molecule has 1 aromatic carbocycles. The van der Waals surface area contributed by atoms with Gasteiger partial charge in [0.15, 0.2) is 0 Å². The van der Waals surface area contributed by atoms with Crippen LogP contribution in [0.1, 0.15) is 18.4 Å². The predicted molar refractivity (Wildman–Crippen MR) is 59.5 cm³/mol. The van der Waals surface area contributed by atoms with E-state index in [0.29, 0.717) is 6.04 Å². The predicted octanol–water partition coefficient (Wildman–Crippen LogP) is 1.43. The van der Waals surface area contributed by atoms with Gasteiger partial charge in [0.25, 0.3) is 0 Å². The Balaban J connectivity index is 1.94. The number of primary amides is 1. The summed E-state index contributed by atoms with van der Waals surface area (Å²) in [6, 6.07) is 7.86. The Hall–Kier alpha value is -1.55. The van der Waals surface area contributed by atoms with E-state index in [1.54, 1.807) is 0 Å². The van der Waals surface area contributed by atoms with Crippen LogP contribution >= 0.6 is 0 Å². The van der Waals surface area contributed by atoms with E-state index < -0.39 is 6.03 Å². The number of benzene rings is 1. The van der Waals surface area contributed by atoms with Crippen molar-refractivity contribution in [1.29, 1.82) is 0 Å². The molecule has 4 nitrogen and oxygen atoms in total. The summed E-state index contributed by atoms with van der Waals surface area (Å²) in [5, 5.41) is 5.97. The van der Waals surface area contributed by atoms with Crippen molar-refractivity contribution in [3.05, 3.63) is 29.8 Å². The van der Waals surface area contributed by atoms with Gasteiger partial charge in [0, 0.05) is 18.3 Å². The third kappa shape index (κ3) is 3.25. The second-order valence-corrected chi connectivity index (χ2v) is 3.84. The Bertz CT molecular complexity index is 361. The van der Waals surface area contributed by atoms with Crippen LogP contribution in [-0.4, -0.2) is 12.1 Å². The Morgan fingerprint density at radius 3 is 2.93 bits per heavy atom. The van der Waals surface area contributed by atoms with Gasteiger partial charge in [-0.2, -0.15) is 0 Å². The van der Waals surface area contributed by atoms with Gasteiger partial charge in [-0.3, -0.25) is 0 Å². The first-order chi connectivity index (χ1) is 7.24. The molecule has 1 aromatic rings. The van der Waals surface area contributed by atoms with Gasteiger partial charge in [0.05, 0.1) is 0 Å². The molecular weight excluding hydrogens is 190 g/mol. The molecule has 80 valence electrons. The van der Waals surface area contributed by atoms with Crippen LogP contribution in [0.25, 0.3) is 0 Å². The van der Waals surface area contributed by atoms with Gasteiger partial charge in [-0.25, -0.2) is 4.79 Å². The number of urea groups is 1. The van der Waals surface area contributed by atoms with Crippen molar-refractivity contribution >= 4 is 11.7 Å². The first kappa shape index (κ1) is 9.98. The molecule has 1 saturated carbocycles.